The summed E-state index contributed by atoms with van der Waals surface area (Å²) in [6, 6.07) is 6.46. The monoisotopic (exact) mass is 405 g/mol. The van der Waals surface area contributed by atoms with Gasteiger partial charge in [-0.1, -0.05) is 15.9 Å². The highest BCUT2D eigenvalue weighted by Gasteiger charge is 2.42. The highest BCUT2D eigenvalue weighted by Crippen LogP contribution is 2.35. The molecule has 1 amide bonds. The number of nitrogens with one attached hydrogen (secondary N) is 1. The number of aromatic nitrogens is 1. The lowest BCUT2D eigenvalue weighted by atomic mass is 9.98. The van der Waals surface area contributed by atoms with Crippen LogP contribution in [0, 0.1) is 5.82 Å². The SMILES string of the molecule is Cn1cc2c(cc1=O)CC(Nc1ccc(Br)cc1F)N(C1CC1)C2=O. The Hall–Kier alpha value is -2.15. The molecule has 1 aliphatic carbocycles. The normalized spacial score (nSPS) is 19.7. The fourth-order valence-corrected chi connectivity index (χ4v) is 3.63. The second kappa shape index (κ2) is 5.98. The maximum Gasteiger partial charge on any atom is 0.257 e. The number of amides is 1. The van der Waals surface area contributed by atoms with Crippen LogP contribution in [0.25, 0.3) is 0 Å². The number of aryl methyl sites for hydroxylation is 1. The summed E-state index contributed by atoms with van der Waals surface area (Å²) in [5, 5.41) is 3.15. The number of benzene rings is 1. The molecule has 2 heterocycles. The Balaban J connectivity index is 1.72. The molecule has 1 aromatic carbocycles. The van der Waals surface area contributed by atoms with Crippen molar-refractivity contribution in [1.29, 1.82) is 0 Å². The summed E-state index contributed by atoms with van der Waals surface area (Å²) in [5.41, 5.74) is 1.46. The first-order valence-corrected chi connectivity index (χ1v) is 8.97. The van der Waals surface area contributed by atoms with Gasteiger partial charge in [0, 0.05) is 36.2 Å². The van der Waals surface area contributed by atoms with Crippen LogP contribution in [0.15, 0.2) is 39.7 Å². The summed E-state index contributed by atoms with van der Waals surface area (Å²) in [5.74, 6) is -0.485. The molecule has 2 aromatic rings. The van der Waals surface area contributed by atoms with Crippen LogP contribution in [0.5, 0.6) is 0 Å². The highest BCUT2D eigenvalue weighted by molar-refractivity contribution is 9.10. The number of hydrogen-bond acceptors (Lipinski definition) is 3. The van der Waals surface area contributed by atoms with Crippen molar-refractivity contribution in [2.45, 2.75) is 31.5 Å². The van der Waals surface area contributed by atoms with Gasteiger partial charge in [0.2, 0.25) is 0 Å². The number of rotatable bonds is 3. The average molecular weight is 406 g/mol. The second-order valence-corrected chi connectivity index (χ2v) is 7.51. The molecule has 1 aromatic heterocycles. The minimum atomic E-state index is -0.382. The van der Waals surface area contributed by atoms with Crippen molar-refractivity contribution in [3.8, 4) is 0 Å². The van der Waals surface area contributed by atoms with E-state index in [9.17, 15) is 14.0 Å². The van der Waals surface area contributed by atoms with E-state index in [-0.39, 0.29) is 29.5 Å². The molecule has 1 saturated carbocycles. The molecular weight excluding hydrogens is 389 g/mol. The molecule has 2 aliphatic rings. The Bertz CT molecular complexity index is 923. The number of nitrogens with zero attached hydrogens (tertiary/aromatic N) is 2. The van der Waals surface area contributed by atoms with Crippen molar-refractivity contribution in [1.82, 2.24) is 9.47 Å². The van der Waals surface area contributed by atoms with E-state index in [4.69, 9.17) is 0 Å². The first kappa shape index (κ1) is 16.3. The van der Waals surface area contributed by atoms with E-state index in [0.717, 1.165) is 12.8 Å². The van der Waals surface area contributed by atoms with E-state index in [1.165, 1.54) is 16.7 Å². The average Bonchev–Trinajstić information content (AvgIpc) is 3.37. The molecule has 1 aliphatic heterocycles. The van der Waals surface area contributed by atoms with Gasteiger partial charge in [0.25, 0.3) is 11.5 Å². The van der Waals surface area contributed by atoms with Crippen LogP contribution in [0.3, 0.4) is 0 Å². The third kappa shape index (κ3) is 2.97. The Morgan fingerprint density at radius 3 is 2.68 bits per heavy atom. The van der Waals surface area contributed by atoms with Gasteiger partial charge in [0.05, 0.1) is 11.3 Å². The molecule has 0 spiro atoms. The molecule has 0 saturated heterocycles. The fourth-order valence-electron chi connectivity index (χ4n) is 3.30. The molecule has 25 heavy (non-hydrogen) atoms. The van der Waals surface area contributed by atoms with E-state index >= 15 is 0 Å². The van der Waals surface area contributed by atoms with Gasteiger partial charge in [-0.05, 0) is 36.6 Å². The molecule has 1 N–H and O–H groups in total. The lowest BCUT2D eigenvalue weighted by Gasteiger charge is -2.38. The largest absolute Gasteiger partial charge is 0.362 e. The Morgan fingerprint density at radius 2 is 2.00 bits per heavy atom. The molecule has 5 nitrogen and oxygen atoms in total. The topological polar surface area (TPSA) is 54.3 Å². The van der Waals surface area contributed by atoms with Crippen LogP contribution in [-0.4, -0.2) is 27.6 Å². The number of pyridine rings is 1. The van der Waals surface area contributed by atoms with E-state index in [1.54, 1.807) is 30.3 Å². The van der Waals surface area contributed by atoms with Gasteiger partial charge in [0.15, 0.2) is 0 Å². The first-order chi connectivity index (χ1) is 11.9. The van der Waals surface area contributed by atoms with Crippen molar-refractivity contribution in [3.63, 3.8) is 0 Å². The Morgan fingerprint density at radius 1 is 1.24 bits per heavy atom. The van der Waals surface area contributed by atoms with Crippen molar-refractivity contribution >= 4 is 27.5 Å². The molecule has 130 valence electrons. The van der Waals surface area contributed by atoms with E-state index in [0.29, 0.717) is 27.7 Å². The predicted molar refractivity (Wildman–Crippen MR) is 96.1 cm³/mol. The van der Waals surface area contributed by atoms with Crippen LogP contribution in [0.1, 0.15) is 28.8 Å². The van der Waals surface area contributed by atoms with Crippen molar-refractivity contribution in [2.75, 3.05) is 5.32 Å². The number of anilines is 1. The number of carbonyl (C=O) groups excluding carboxylic acids is 1. The van der Waals surface area contributed by atoms with Crippen LogP contribution in [0.4, 0.5) is 10.1 Å². The Kier molecular flexibility index (Phi) is 3.91. The smallest absolute Gasteiger partial charge is 0.257 e. The molecule has 1 unspecified atom stereocenters. The second-order valence-electron chi connectivity index (χ2n) is 6.59. The van der Waals surface area contributed by atoms with Crippen molar-refractivity contribution in [2.24, 2.45) is 7.05 Å². The zero-order valence-corrected chi connectivity index (χ0v) is 15.2. The van der Waals surface area contributed by atoms with Crippen molar-refractivity contribution < 1.29 is 9.18 Å². The van der Waals surface area contributed by atoms with Gasteiger partial charge in [-0.2, -0.15) is 0 Å². The van der Waals surface area contributed by atoms with Crippen molar-refractivity contribution in [3.05, 3.63) is 62.2 Å². The highest BCUT2D eigenvalue weighted by atomic mass is 79.9. The van der Waals surface area contributed by atoms with Gasteiger partial charge in [0.1, 0.15) is 12.0 Å². The molecule has 7 heteroatoms. The molecule has 1 fully saturated rings. The fraction of sp³-hybridized carbons (Fsp3) is 0.333. The summed E-state index contributed by atoms with van der Waals surface area (Å²) < 4.78 is 16.3. The molecular formula is C18H17BrFN3O2. The molecule has 0 bridgehead atoms. The third-order valence-corrected chi connectivity index (χ3v) is 5.21. The predicted octanol–water partition coefficient (Wildman–Crippen LogP) is 2.89. The van der Waals surface area contributed by atoms with Gasteiger partial charge < -0.3 is 14.8 Å². The summed E-state index contributed by atoms with van der Waals surface area (Å²) >= 11 is 3.24. The zero-order valence-electron chi connectivity index (χ0n) is 13.6. The summed E-state index contributed by atoms with van der Waals surface area (Å²) in [4.78, 5) is 26.7. The quantitative estimate of drug-likeness (QED) is 0.853. The number of hydrogen-bond donors (Lipinski definition) is 1. The van der Waals surface area contributed by atoms with Crippen LogP contribution in [-0.2, 0) is 13.5 Å². The van der Waals surface area contributed by atoms with Crippen LogP contribution >= 0.6 is 15.9 Å². The number of fused-ring (bicyclic) bond motifs is 1. The third-order valence-electron chi connectivity index (χ3n) is 4.72. The summed E-state index contributed by atoms with van der Waals surface area (Å²) in [6.45, 7) is 0. The maximum absolute atomic E-state index is 14.2. The van der Waals surface area contributed by atoms with Gasteiger partial charge >= 0.3 is 0 Å². The zero-order chi connectivity index (χ0) is 17.7. The molecule has 1 atom stereocenters. The van der Waals surface area contributed by atoms with Gasteiger partial charge in [-0.3, -0.25) is 9.59 Å². The lowest BCUT2D eigenvalue weighted by molar-refractivity contribution is 0.0655. The summed E-state index contributed by atoms with van der Waals surface area (Å²) in [7, 11) is 1.64. The number of carbonyl (C=O) groups is 1. The minimum absolute atomic E-state index is 0.102. The molecule has 4 rings (SSSR count). The van der Waals surface area contributed by atoms with Gasteiger partial charge in [-0.25, -0.2) is 4.39 Å². The van der Waals surface area contributed by atoms with E-state index < -0.39 is 0 Å². The first-order valence-electron chi connectivity index (χ1n) is 8.18. The van der Waals surface area contributed by atoms with E-state index in [2.05, 4.69) is 21.2 Å². The van der Waals surface area contributed by atoms with Gasteiger partial charge in [-0.15, -0.1) is 0 Å². The maximum atomic E-state index is 14.2. The minimum Gasteiger partial charge on any atom is -0.362 e. The number of halogens is 2. The van der Waals surface area contributed by atoms with Crippen LogP contribution in [0.2, 0.25) is 0 Å². The van der Waals surface area contributed by atoms with Crippen LogP contribution < -0.4 is 10.9 Å². The standard InChI is InChI=1S/C18H17BrFN3O2/c1-22-9-13-10(7-17(22)24)6-16(23(18(13)25)12-3-4-12)21-15-5-2-11(19)8-14(15)20/h2,5,7-9,12,16,21H,3-4,6H2,1H3. The molecule has 0 radical (unpaired) electrons. The van der Waals surface area contributed by atoms with E-state index in [1.807, 2.05) is 0 Å². The lowest BCUT2D eigenvalue weighted by Crippen LogP contribution is -2.51. The Labute approximate surface area is 152 Å². The summed E-state index contributed by atoms with van der Waals surface area (Å²) in [6.07, 6.45) is 3.62.